The highest BCUT2D eigenvalue weighted by atomic mass is 16.6. The maximum atomic E-state index is 11.0. The monoisotopic (exact) mass is 267 g/mol. The summed E-state index contributed by atoms with van der Waals surface area (Å²) in [6, 6.07) is 0.0306. The van der Waals surface area contributed by atoms with Gasteiger partial charge in [0.15, 0.2) is 0 Å². The third-order valence-corrected chi connectivity index (χ3v) is 3.00. The smallest absolute Gasteiger partial charge is 0.329 e. The van der Waals surface area contributed by atoms with Crippen molar-refractivity contribution in [2.45, 2.75) is 32.4 Å². The minimum absolute atomic E-state index is 0.0113. The van der Waals surface area contributed by atoms with Crippen LogP contribution in [0.25, 0.3) is 0 Å². The summed E-state index contributed by atoms with van der Waals surface area (Å²) in [5, 5.41) is 17.0. The lowest BCUT2D eigenvalue weighted by Crippen LogP contribution is -2.27. The third kappa shape index (κ3) is 3.08. The van der Waals surface area contributed by atoms with E-state index in [-0.39, 0.29) is 23.7 Å². The van der Waals surface area contributed by atoms with Crippen LogP contribution in [-0.2, 0) is 4.74 Å². The van der Waals surface area contributed by atoms with Gasteiger partial charge in [-0.15, -0.1) is 0 Å². The molecule has 1 aliphatic rings. The van der Waals surface area contributed by atoms with Crippen LogP contribution in [-0.4, -0.2) is 40.2 Å². The average molecular weight is 267 g/mol. The molecule has 0 saturated carbocycles. The molecule has 0 amide bonds. The Bertz CT molecular complexity index is 468. The minimum Gasteiger partial charge on any atom is -0.376 e. The van der Waals surface area contributed by atoms with E-state index >= 15 is 0 Å². The molecule has 0 spiro atoms. The molecule has 2 rings (SSSR count). The predicted octanol–water partition coefficient (Wildman–Crippen LogP) is 1.41. The molecule has 19 heavy (non-hydrogen) atoms. The van der Waals surface area contributed by atoms with Crippen LogP contribution in [0.3, 0.4) is 0 Å². The summed E-state index contributed by atoms with van der Waals surface area (Å²) in [7, 11) is 0. The zero-order valence-corrected chi connectivity index (χ0v) is 10.9. The second kappa shape index (κ2) is 5.79. The Morgan fingerprint density at radius 3 is 3.00 bits per heavy atom. The Morgan fingerprint density at radius 2 is 2.42 bits per heavy atom. The van der Waals surface area contributed by atoms with Crippen molar-refractivity contribution in [1.29, 1.82) is 0 Å². The SMILES string of the molecule is CCNc1ncc([N+](=O)[O-])c(NC2CCOC2C)n1. The average Bonchev–Trinajstić information content (AvgIpc) is 2.75. The largest absolute Gasteiger partial charge is 0.376 e. The van der Waals surface area contributed by atoms with Gasteiger partial charge in [0.05, 0.1) is 17.1 Å². The number of aromatic nitrogens is 2. The van der Waals surface area contributed by atoms with Crippen LogP contribution >= 0.6 is 0 Å². The number of hydrogen-bond donors (Lipinski definition) is 2. The first kappa shape index (κ1) is 13.5. The van der Waals surface area contributed by atoms with Crippen molar-refractivity contribution in [3.63, 3.8) is 0 Å². The molecular weight excluding hydrogens is 250 g/mol. The highest BCUT2D eigenvalue weighted by molar-refractivity contribution is 5.57. The van der Waals surface area contributed by atoms with Crippen LogP contribution in [0.4, 0.5) is 17.5 Å². The Kier molecular flexibility index (Phi) is 4.10. The first-order chi connectivity index (χ1) is 9.11. The lowest BCUT2D eigenvalue weighted by Gasteiger charge is -2.16. The lowest BCUT2D eigenvalue weighted by atomic mass is 10.1. The van der Waals surface area contributed by atoms with Crippen LogP contribution in [0.1, 0.15) is 20.3 Å². The van der Waals surface area contributed by atoms with Crippen molar-refractivity contribution in [1.82, 2.24) is 9.97 Å². The molecule has 1 saturated heterocycles. The number of ether oxygens (including phenoxy) is 1. The van der Waals surface area contributed by atoms with Gasteiger partial charge in [-0.05, 0) is 20.3 Å². The van der Waals surface area contributed by atoms with E-state index < -0.39 is 4.92 Å². The molecule has 0 radical (unpaired) electrons. The molecule has 8 nitrogen and oxygen atoms in total. The van der Waals surface area contributed by atoms with Gasteiger partial charge in [-0.25, -0.2) is 4.98 Å². The maximum absolute atomic E-state index is 11.0. The molecule has 1 aromatic heterocycles. The zero-order chi connectivity index (χ0) is 13.8. The van der Waals surface area contributed by atoms with Gasteiger partial charge in [0, 0.05) is 13.2 Å². The standard InChI is InChI=1S/C11H17N5O3/c1-3-12-11-13-6-9(16(17)18)10(15-11)14-8-4-5-19-7(8)2/h6-8H,3-5H2,1-2H3,(H2,12,13,14,15). The van der Waals surface area contributed by atoms with E-state index in [1.807, 2.05) is 13.8 Å². The van der Waals surface area contributed by atoms with Crippen LogP contribution in [0.2, 0.25) is 0 Å². The van der Waals surface area contributed by atoms with Crippen LogP contribution in [0.15, 0.2) is 6.20 Å². The van der Waals surface area contributed by atoms with Gasteiger partial charge in [-0.1, -0.05) is 0 Å². The highest BCUT2D eigenvalue weighted by Gasteiger charge is 2.27. The van der Waals surface area contributed by atoms with Crippen LogP contribution < -0.4 is 10.6 Å². The fourth-order valence-corrected chi connectivity index (χ4v) is 1.96. The number of nitro groups is 1. The normalized spacial score (nSPS) is 22.2. The summed E-state index contributed by atoms with van der Waals surface area (Å²) < 4.78 is 5.42. The second-order valence-corrected chi connectivity index (χ2v) is 4.33. The molecule has 0 aliphatic carbocycles. The van der Waals surface area contributed by atoms with Gasteiger partial charge in [-0.2, -0.15) is 4.98 Å². The summed E-state index contributed by atoms with van der Waals surface area (Å²) >= 11 is 0. The summed E-state index contributed by atoms with van der Waals surface area (Å²) in [5.74, 6) is 0.612. The Hall–Kier alpha value is -1.96. The van der Waals surface area contributed by atoms with Crippen molar-refractivity contribution < 1.29 is 9.66 Å². The third-order valence-electron chi connectivity index (χ3n) is 3.00. The van der Waals surface area contributed by atoms with Crippen molar-refractivity contribution in [2.24, 2.45) is 0 Å². The number of hydrogen-bond acceptors (Lipinski definition) is 7. The minimum atomic E-state index is -0.488. The van der Waals surface area contributed by atoms with Crippen molar-refractivity contribution >= 4 is 17.5 Å². The first-order valence-electron chi connectivity index (χ1n) is 6.25. The highest BCUT2D eigenvalue weighted by Crippen LogP contribution is 2.25. The summed E-state index contributed by atoms with van der Waals surface area (Å²) in [6.45, 7) is 5.14. The molecule has 2 heterocycles. The fourth-order valence-electron chi connectivity index (χ4n) is 1.96. The predicted molar refractivity (Wildman–Crippen MR) is 70.3 cm³/mol. The van der Waals surface area contributed by atoms with Gasteiger partial charge >= 0.3 is 5.69 Å². The van der Waals surface area contributed by atoms with Gasteiger partial charge in [-0.3, -0.25) is 10.1 Å². The fraction of sp³-hybridized carbons (Fsp3) is 0.636. The Labute approximate surface area is 110 Å². The number of nitrogens with one attached hydrogen (secondary N) is 2. The Morgan fingerprint density at radius 1 is 1.63 bits per heavy atom. The second-order valence-electron chi connectivity index (χ2n) is 4.33. The molecule has 2 unspecified atom stereocenters. The number of rotatable bonds is 5. The van der Waals surface area contributed by atoms with E-state index in [0.29, 0.717) is 19.1 Å². The van der Waals surface area contributed by atoms with E-state index in [2.05, 4.69) is 20.6 Å². The molecule has 2 atom stereocenters. The number of anilines is 2. The van der Waals surface area contributed by atoms with Crippen molar-refractivity contribution in [2.75, 3.05) is 23.8 Å². The molecule has 0 aromatic carbocycles. The van der Waals surface area contributed by atoms with E-state index in [9.17, 15) is 10.1 Å². The number of nitrogens with zero attached hydrogens (tertiary/aromatic N) is 3. The van der Waals surface area contributed by atoms with Gasteiger partial charge in [0.1, 0.15) is 6.20 Å². The lowest BCUT2D eigenvalue weighted by molar-refractivity contribution is -0.384. The quantitative estimate of drug-likeness (QED) is 0.614. The summed E-state index contributed by atoms with van der Waals surface area (Å²) in [4.78, 5) is 18.6. The molecule has 1 fully saturated rings. The van der Waals surface area contributed by atoms with E-state index in [0.717, 1.165) is 6.42 Å². The van der Waals surface area contributed by atoms with Gasteiger partial charge < -0.3 is 15.4 Å². The molecular formula is C11H17N5O3. The summed E-state index contributed by atoms with van der Waals surface area (Å²) in [6.07, 6.45) is 2.03. The van der Waals surface area contributed by atoms with Crippen LogP contribution in [0, 0.1) is 10.1 Å². The van der Waals surface area contributed by atoms with Gasteiger partial charge in [0.2, 0.25) is 11.8 Å². The first-order valence-corrected chi connectivity index (χ1v) is 6.25. The topological polar surface area (TPSA) is 102 Å². The van der Waals surface area contributed by atoms with Crippen molar-refractivity contribution in [3.05, 3.63) is 16.3 Å². The molecule has 104 valence electrons. The molecule has 1 aromatic rings. The van der Waals surface area contributed by atoms with E-state index in [4.69, 9.17) is 4.74 Å². The van der Waals surface area contributed by atoms with E-state index in [1.165, 1.54) is 6.20 Å². The van der Waals surface area contributed by atoms with E-state index in [1.54, 1.807) is 0 Å². The molecule has 0 bridgehead atoms. The molecule has 8 heteroatoms. The molecule has 2 N–H and O–H groups in total. The Balaban J connectivity index is 2.24. The van der Waals surface area contributed by atoms with Crippen molar-refractivity contribution in [3.8, 4) is 0 Å². The molecule has 1 aliphatic heterocycles. The van der Waals surface area contributed by atoms with Crippen LogP contribution in [0.5, 0.6) is 0 Å². The van der Waals surface area contributed by atoms with Gasteiger partial charge in [0.25, 0.3) is 0 Å². The summed E-state index contributed by atoms with van der Waals surface area (Å²) in [5.41, 5.74) is -0.124. The zero-order valence-electron chi connectivity index (χ0n) is 10.9. The maximum Gasteiger partial charge on any atom is 0.329 e.